The number of rotatable bonds is 2. The number of fused-ring (bicyclic) bond motifs is 1. The zero-order valence-corrected chi connectivity index (χ0v) is 11.5. The normalized spacial score (nSPS) is 21.9. The lowest BCUT2D eigenvalue weighted by molar-refractivity contribution is 0.0696. The molecule has 2 aromatic rings. The number of pyridine rings is 1. The lowest BCUT2D eigenvalue weighted by Gasteiger charge is -2.20. The smallest absolute Gasteiger partial charge is 0.337 e. The first-order valence-corrected chi connectivity index (χ1v) is 8.12. The molecule has 0 spiro atoms. The number of aromatic carboxylic acids is 1. The van der Waals surface area contributed by atoms with Gasteiger partial charge in [-0.05, 0) is 25.0 Å². The van der Waals surface area contributed by atoms with Crippen LogP contribution in [0.1, 0.15) is 40.6 Å². The van der Waals surface area contributed by atoms with Gasteiger partial charge in [-0.15, -0.1) is 0 Å². The summed E-state index contributed by atoms with van der Waals surface area (Å²) in [6.07, 6.45) is 5.23. The molecule has 0 aliphatic carbocycles. The van der Waals surface area contributed by atoms with Gasteiger partial charge in [0.1, 0.15) is 10.9 Å². The summed E-state index contributed by atoms with van der Waals surface area (Å²) in [5, 5.41) is 8.39. The van der Waals surface area contributed by atoms with Crippen LogP contribution in [-0.4, -0.2) is 34.6 Å². The van der Waals surface area contributed by atoms with E-state index in [4.69, 9.17) is 5.11 Å². The number of imidazole rings is 1. The zero-order valence-electron chi connectivity index (χ0n) is 10.7. The van der Waals surface area contributed by atoms with E-state index in [0.29, 0.717) is 24.2 Å². The van der Waals surface area contributed by atoms with E-state index in [9.17, 15) is 13.2 Å². The number of carboxylic acid groups (broad SMARTS) is 1. The SMILES string of the molecule is O=C(O)c1ccc2nc(C3CCCCS3(=O)=O)cn2c1. The molecule has 3 heterocycles. The highest BCUT2D eigenvalue weighted by molar-refractivity contribution is 7.91. The topological polar surface area (TPSA) is 88.7 Å². The van der Waals surface area contributed by atoms with Gasteiger partial charge in [-0.25, -0.2) is 18.2 Å². The highest BCUT2D eigenvalue weighted by atomic mass is 32.2. The maximum atomic E-state index is 12.1. The fourth-order valence-corrected chi connectivity index (χ4v) is 4.48. The van der Waals surface area contributed by atoms with Crippen molar-refractivity contribution in [2.45, 2.75) is 24.5 Å². The fourth-order valence-electron chi connectivity index (χ4n) is 2.58. The van der Waals surface area contributed by atoms with Crippen molar-refractivity contribution >= 4 is 21.5 Å². The number of hydrogen-bond donors (Lipinski definition) is 1. The predicted octanol–water partition coefficient (Wildman–Crippen LogP) is 1.67. The fraction of sp³-hybridized carbons (Fsp3) is 0.385. The standard InChI is InChI=1S/C13H14N2O4S/c16-13(17)9-4-5-12-14-10(8-15(12)7-9)11-3-1-2-6-20(11,18)19/h4-5,7-8,11H,1-3,6H2,(H,16,17). The number of carbonyl (C=O) groups is 1. The van der Waals surface area contributed by atoms with Crippen molar-refractivity contribution in [1.82, 2.24) is 9.38 Å². The van der Waals surface area contributed by atoms with Crippen molar-refractivity contribution < 1.29 is 18.3 Å². The molecule has 0 aromatic carbocycles. The van der Waals surface area contributed by atoms with Gasteiger partial charge in [-0.1, -0.05) is 6.42 Å². The molecule has 1 atom stereocenters. The van der Waals surface area contributed by atoms with Crippen molar-refractivity contribution in [2.75, 3.05) is 5.75 Å². The number of hydrogen-bond acceptors (Lipinski definition) is 4. The van der Waals surface area contributed by atoms with Crippen LogP contribution in [0, 0.1) is 0 Å². The second-order valence-corrected chi connectivity index (χ2v) is 7.31. The van der Waals surface area contributed by atoms with Gasteiger partial charge in [0.2, 0.25) is 0 Å². The van der Waals surface area contributed by atoms with Crippen LogP contribution in [0.25, 0.3) is 5.65 Å². The van der Waals surface area contributed by atoms with E-state index in [2.05, 4.69) is 4.98 Å². The molecule has 3 rings (SSSR count). The first-order chi connectivity index (χ1) is 9.47. The Morgan fingerprint density at radius 1 is 1.30 bits per heavy atom. The second-order valence-electron chi connectivity index (χ2n) is 5.01. The van der Waals surface area contributed by atoms with E-state index in [-0.39, 0.29) is 11.3 Å². The third kappa shape index (κ3) is 2.18. The average molecular weight is 294 g/mol. The molecule has 20 heavy (non-hydrogen) atoms. The van der Waals surface area contributed by atoms with Gasteiger partial charge in [-0.2, -0.15) is 0 Å². The number of aromatic nitrogens is 2. The molecule has 1 fully saturated rings. The largest absolute Gasteiger partial charge is 0.478 e. The molecule has 106 valence electrons. The Bertz CT molecular complexity index is 779. The van der Waals surface area contributed by atoms with Crippen LogP contribution in [0.5, 0.6) is 0 Å². The number of carboxylic acids is 1. The third-order valence-electron chi connectivity index (χ3n) is 3.63. The van der Waals surface area contributed by atoms with E-state index >= 15 is 0 Å². The van der Waals surface area contributed by atoms with Gasteiger partial charge < -0.3 is 9.51 Å². The molecule has 0 bridgehead atoms. The lowest BCUT2D eigenvalue weighted by atomic mass is 10.1. The van der Waals surface area contributed by atoms with Crippen molar-refractivity contribution in [3.05, 3.63) is 35.8 Å². The molecule has 1 unspecified atom stereocenters. The maximum Gasteiger partial charge on any atom is 0.337 e. The molecule has 1 aliphatic rings. The summed E-state index contributed by atoms with van der Waals surface area (Å²) in [6, 6.07) is 3.05. The molecule has 1 N–H and O–H groups in total. The minimum Gasteiger partial charge on any atom is -0.478 e. The minimum atomic E-state index is -3.14. The van der Waals surface area contributed by atoms with Crippen LogP contribution >= 0.6 is 0 Å². The predicted molar refractivity (Wildman–Crippen MR) is 72.5 cm³/mol. The third-order valence-corrected chi connectivity index (χ3v) is 5.83. The molecule has 0 saturated carbocycles. The number of sulfone groups is 1. The van der Waals surface area contributed by atoms with Gasteiger partial charge in [0.05, 0.1) is 17.0 Å². The summed E-state index contributed by atoms with van der Waals surface area (Å²) in [5.41, 5.74) is 1.21. The highest BCUT2D eigenvalue weighted by Crippen LogP contribution is 2.32. The monoisotopic (exact) mass is 294 g/mol. The average Bonchev–Trinajstić information content (AvgIpc) is 2.80. The van der Waals surface area contributed by atoms with Crippen LogP contribution in [0.4, 0.5) is 0 Å². The summed E-state index contributed by atoms with van der Waals surface area (Å²) in [5.74, 6) is -0.821. The van der Waals surface area contributed by atoms with Crippen molar-refractivity contribution in [3.63, 3.8) is 0 Å². The van der Waals surface area contributed by atoms with Gasteiger partial charge >= 0.3 is 5.97 Å². The van der Waals surface area contributed by atoms with E-state index < -0.39 is 21.1 Å². The van der Waals surface area contributed by atoms with Gasteiger partial charge in [0.25, 0.3) is 0 Å². The Morgan fingerprint density at radius 2 is 2.10 bits per heavy atom. The minimum absolute atomic E-state index is 0.146. The summed E-state index contributed by atoms with van der Waals surface area (Å²) < 4.78 is 25.8. The van der Waals surface area contributed by atoms with Crippen molar-refractivity contribution in [3.8, 4) is 0 Å². The first kappa shape index (κ1) is 13.1. The molecule has 1 aliphatic heterocycles. The summed E-state index contributed by atoms with van der Waals surface area (Å²) in [7, 11) is -3.14. The Kier molecular flexibility index (Phi) is 3.01. The maximum absolute atomic E-state index is 12.1. The summed E-state index contributed by atoms with van der Waals surface area (Å²) in [4.78, 5) is 15.2. The second kappa shape index (κ2) is 4.59. The van der Waals surface area contributed by atoms with E-state index in [1.165, 1.54) is 12.3 Å². The molecule has 0 radical (unpaired) electrons. The van der Waals surface area contributed by atoms with Crippen LogP contribution in [0.2, 0.25) is 0 Å². The Balaban J connectivity index is 2.06. The lowest BCUT2D eigenvalue weighted by Crippen LogP contribution is -2.21. The highest BCUT2D eigenvalue weighted by Gasteiger charge is 2.32. The molecule has 7 heteroatoms. The molecule has 2 aromatic heterocycles. The van der Waals surface area contributed by atoms with E-state index in [1.54, 1.807) is 16.7 Å². The van der Waals surface area contributed by atoms with Crippen molar-refractivity contribution in [1.29, 1.82) is 0 Å². The van der Waals surface area contributed by atoms with Crippen molar-refractivity contribution in [2.24, 2.45) is 0 Å². The van der Waals surface area contributed by atoms with E-state index in [0.717, 1.165) is 6.42 Å². The Labute approximate surface area is 116 Å². The number of nitrogens with zero attached hydrogens (tertiary/aromatic N) is 2. The van der Waals surface area contributed by atoms with Crippen LogP contribution < -0.4 is 0 Å². The Morgan fingerprint density at radius 3 is 2.80 bits per heavy atom. The molecule has 1 saturated heterocycles. The van der Waals surface area contributed by atoms with Gasteiger partial charge in [-0.3, -0.25) is 0 Å². The van der Waals surface area contributed by atoms with Gasteiger partial charge in [0, 0.05) is 12.4 Å². The van der Waals surface area contributed by atoms with Crippen LogP contribution in [0.15, 0.2) is 24.5 Å². The summed E-state index contributed by atoms with van der Waals surface area (Å²) >= 11 is 0. The molecular weight excluding hydrogens is 280 g/mol. The molecule has 0 amide bonds. The quantitative estimate of drug-likeness (QED) is 0.910. The van der Waals surface area contributed by atoms with Crippen LogP contribution in [-0.2, 0) is 9.84 Å². The molecule has 6 nitrogen and oxygen atoms in total. The van der Waals surface area contributed by atoms with E-state index in [1.807, 2.05) is 0 Å². The zero-order chi connectivity index (χ0) is 14.3. The first-order valence-electron chi connectivity index (χ1n) is 6.41. The summed E-state index contributed by atoms with van der Waals surface area (Å²) in [6.45, 7) is 0. The molecular formula is C13H14N2O4S. The van der Waals surface area contributed by atoms with Crippen LogP contribution in [0.3, 0.4) is 0 Å². The van der Waals surface area contributed by atoms with Gasteiger partial charge in [0.15, 0.2) is 9.84 Å². The Hall–Kier alpha value is -1.89.